The maximum absolute atomic E-state index is 5.69. The van der Waals surface area contributed by atoms with Crippen LogP contribution in [0.4, 0.5) is 5.69 Å². The van der Waals surface area contributed by atoms with Crippen molar-refractivity contribution in [1.82, 2.24) is 8.75 Å². The molecule has 3 rings (SSSR count). The minimum absolute atomic E-state index is 0.763. The first-order valence-corrected chi connectivity index (χ1v) is 6.55. The van der Waals surface area contributed by atoms with Gasteiger partial charge in [-0.2, -0.15) is 8.75 Å². The molecule has 0 fully saturated rings. The molecular weight excluding hydrogens is 298 g/mol. The Morgan fingerprint density at radius 2 is 1.65 bits per heavy atom. The predicted octanol–water partition coefficient (Wildman–Crippen LogP) is 3.70. The molecule has 0 atom stereocenters. The van der Waals surface area contributed by atoms with Gasteiger partial charge in [-0.05, 0) is 39.7 Å². The highest BCUT2D eigenvalue weighted by atomic mass is 79.9. The molecule has 0 amide bonds. The summed E-state index contributed by atoms with van der Waals surface area (Å²) >= 11 is 4.70. The van der Waals surface area contributed by atoms with Gasteiger partial charge in [-0.3, -0.25) is 0 Å². The first-order chi connectivity index (χ1) is 8.25. The number of nitrogen functional groups attached to an aromatic ring is 1. The molecule has 5 heteroatoms. The molecule has 84 valence electrons. The molecule has 3 aromatic rings. The zero-order chi connectivity index (χ0) is 11.8. The fraction of sp³-hybridized carbons (Fsp3) is 0. The lowest BCUT2D eigenvalue weighted by Gasteiger charge is -2.03. The Bertz CT molecular complexity index is 676. The number of halogens is 1. The number of nitrogens with two attached hydrogens (primary N) is 1. The standard InChI is InChI=1S/C12H8BrN3S/c13-10-6-5-9(11-12(10)16-17-15-11)7-1-3-8(14)4-2-7/h1-6H,14H2. The fourth-order valence-electron chi connectivity index (χ4n) is 1.73. The molecule has 0 aliphatic carbocycles. The Balaban J connectivity index is 2.27. The van der Waals surface area contributed by atoms with Crippen molar-refractivity contribution in [3.63, 3.8) is 0 Å². The van der Waals surface area contributed by atoms with Gasteiger partial charge in [0.05, 0.1) is 11.7 Å². The van der Waals surface area contributed by atoms with Crippen LogP contribution in [0.15, 0.2) is 40.9 Å². The average Bonchev–Trinajstić information content (AvgIpc) is 2.81. The van der Waals surface area contributed by atoms with Crippen LogP contribution in [0.2, 0.25) is 0 Å². The lowest BCUT2D eigenvalue weighted by Crippen LogP contribution is -1.85. The lowest BCUT2D eigenvalue weighted by atomic mass is 10.0. The molecule has 3 nitrogen and oxygen atoms in total. The minimum atomic E-state index is 0.763. The van der Waals surface area contributed by atoms with Gasteiger partial charge in [0.2, 0.25) is 0 Å². The summed E-state index contributed by atoms with van der Waals surface area (Å²) < 4.78 is 9.60. The van der Waals surface area contributed by atoms with Crippen LogP contribution in [0.3, 0.4) is 0 Å². The molecule has 0 spiro atoms. The van der Waals surface area contributed by atoms with Crippen LogP contribution >= 0.6 is 27.7 Å². The maximum Gasteiger partial charge on any atom is 0.119 e. The fourth-order valence-corrected chi connectivity index (χ4v) is 2.83. The number of anilines is 1. The van der Waals surface area contributed by atoms with E-state index in [-0.39, 0.29) is 0 Å². The van der Waals surface area contributed by atoms with Crippen LogP contribution in [0.25, 0.3) is 22.2 Å². The van der Waals surface area contributed by atoms with Crippen LogP contribution in [-0.4, -0.2) is 8.75 Å². The van der Waals surface area contributed by atoms with E-state index >= 15 is 0 Å². The normalized spacial score (nSPS) is 10.9. The van der Waals surface area contributed by atoms with Crippen LogP contribution in [0.5, 0.6) is 0 Å². The van der Waals surface area contributed by atoms with E-state index in [1.165, 1.54) is 11.7 Å². The number of hydrogen-bond acceptors (Lipinski definition) is 4. The average molecular weight is 306 g/mol. The molecule has 0 aliphatic heterocycles. The Hall–Kier alpha value is -1.46. The predicted molar refractivity (Wildman–Crippen MR) is 75.0 cm³/mol. The number of aromatic nitrogens is 2. The third kappa shape index (κ3) is 1.81. The van der Waals surface area contributed by atoms with Crippen molar-refractivity contribution < 1.29 is 0 Å². The van der Waals surface area contributed by atoms with Crippen molar-refractivity contribution in [1.29, 1.82) is 0 Å². The summed E-state index contributed by atoms with van der Waals surface area (Å²) in [6.45, 7) is 0. The second kappa shape index (κ2) is 4.09. The smallest absolute Gasteiger partial charge is 0.119 e. The van der Waals surface area contributed by atoms with E-state index in [2.05, 4.69) is 24.7 Å². The lowest BCUT2D eigenvalue weighted by molar-refractivity contribution is 1.58. The monoisotopic (exact) mass is 305 g/mol. The van der Waals surface area contributed by atoms with Gasteiger partial charge in [0.15, 0.2) is 0 Å². The second-order valence-electron chi connectivity index (χ2n) is 3.68. The topological polar surface area (TPSA) is 51.8 Å². The summed E-state index contributed by atoms with van der Waals surface area (Å²) in [5, 5.41) is 0. The SMILES string of the molecule is Nc1ccc(-c2ccc(Br)c3nsnc23)cc1. The van der Waals surface area contributed by atoms with Gasteiger partial charge in [-0.15, -0.1) is 0 Å². The van der Waals surface area contributed by atoms with Gasteiger partial charge < -0.3 is 5.73 Å². The van der Waals surface area contributed by atoms with E-state index in [4.69, 9.17) is 5.73 Å². The minimum Gasteiger partial charge on any atom is -0.399 e. The van der Waals surface area contributed by atoms with Crippen LogP contribution in [-0.2, 0) is 0 Å². The highest BCUT2D eigenvalue weighted by Gasteiger charge is 2.10. The Kier molecular flexibility index (Phi) is 2.57. The van der Waals surface area contributed by atoms with Gasteiger partial charge in [0, 0.05) is 15.7 Å². The van der Waals surface area contributed by atoms with E-state index in [1.807, 2.05) is 36.4 Å². The largest absolute Gasteiger partial charge is 0.399 e. The second-order valence-corrected chi connectivity index (χ2v) is 5.06. The van der Waals surface area contributed by atoms with Gasteiger partial charge in [0.1, 0.15) is 11.0 Å². The van der Waals surface area contributed by atoms with E-state index in [0.717, 1.165) is 32.3 Å². The molecule has 0 bridgehead atoms. The zero-order valence-electron chi connectivity index (χ0n) is 8.72. The van der Waals surface area contributed by atoms with E-state index in [0.29, 0.717) is 0 Å². The molecule has 2 N–H and O–H groups in total. The third-order valence-corrected chi connectivity index (χ3v) is 3.76. The molecule has 1 heterocycles. The van der Waals surface area contributed by atoms with E-state index < -0.39 is 0 Å². The van der Waals surface area contributed by atoms with E-state index in [9.17, 15) is 0 Å². The summed E-state index contributed by atoms with van der Waals surface area (Å²) in [5.74, 6) is 0. The number of rotatable bonds is 1. The molecule has 0 saturated carbocycles. The van der Waals surface area contributed by atoms with Crippen molar-refractivity contribution >= 4 is 44.4 Å². The molecule has 0 aliphatic rings. The molecule has 2 aromatic carbocycles. The molecule has 1 aromatic heterocycles. The zero-order valence-corrected chi connectivity index (χ0v) is 11.1. The Morgan fingerprint density at radius 3 is 2.41 bits per heavy atom. The Morgan fingerprint density at radius 1 is 0.941 bits per heavy atom. The molecule has 17 heavy (non-hydrogen) atoms. The van der Waals surface area contributed by atoms with Crippen LogP contribution in [0, 0.1) is 0 Å². The van der Waals surface area contributed by atoms with Crippen molar-refractivity contribution in [2.45, 2.75) is 0 Å². The first kappa shape index (κ1) is 10.7. The quantitative estimate of drug-likeness (QED) is 0.697. The molecule has 0 unspecified atom stereocenters. The summed E-state index contributed by atoms with van der Waals surface area (Å²) in [6.07, 6.45) is 0. The van der Waals surface area contributed by atoms with Gasteiger partial charge in [0.25, 0.3) is 0 Å². The Labute approximate surface area is 111 Å². The number of benzene rings is 2. The van der Waals surface area contributed by atoms with Crippen molar-refractivity contribution in [2.24, 2.45) is 0 Å². The van der Waals surface area contributed by atoms with Gasteiger partial charge in [-0.25, -0.2) is 0 Å². The van der Waals surface area contributed by atoms with Crippen LogP contribution in [0.1, 0.15) is 0 Å². The van der Waals surface area contributed by atoms with Crippen LogP contribution < -0.4 is 5.73 Å². The van der Waals surface area contributed by atoms with Crippen molar-refractivity contribution in [2.75, 3.05) is 5.73 Å². The summed E-state index contributed by atoms with van der Waals surface area (Å²) in [4.78, 5) is 0. The van der Waals surface area contributed by atoms with Crippen molar-refractivity contribution in [3.8, 4) is 11.1 Å². The summed E-state index contributed by atoms with van der Waals surface area (Å²) in [7, 11) is 0. The first-order valence-electron chi connectivity index (χ1n) is 5.02. The number of hydrogen-bond donors (Lipinski definition) is 1. The maximum atomic E-state index is 5.69. The number of fused-ring (bicyclic) bond motifs is 1. The highest BCUT2D eigenvalue weighted by Crippen LogP contribution is 2.32. The molecular formula is C12H8BrN3S. The van der Waals surface area contributed by atoms with Gasteiger partial charge in [-0.1, -0.05) is 18.2 Å². The molecule has 0 radical (unpaired) electrons. The number of nitrogens with zero attached hydrogens (tertiary/aromatic N) is 2. The highest BCUT2D eigenvalue weighted by molar-refractivity contribution is 9.10. The third-order valence-electron chi connectivity index (χ3n) is 2.59. The van der Waals surface area contributed by atoms with Gasteiger partial charge >= 0.3 is 0 Å². The van der Waals surface area contributed by atoms with Crippen molar-refractivity contribution in [3.05, 3.63) is 40.9 Å². The van der Waals surface area contributed by atoms with E-state index in [1.54, 1.807) is 0 Å². The summed E-state index contributed by atoms with van der Waals surface area (Å²) in [5.41, 5.74) is 10.5. The summed E-state index contributed by atoms with van der Waals surface area (Å²) in [6, 6.07) is 11.8. The molecule has 0 saturated heterocycles.